The molecule has 2 amide bonds. The summed E-state index contributed by atoms with van der Waals surface area (Å²) in [6.07, 6.45) is 11.0. The summed E-state index contributed by atoms with van der Waals surface area (Å²) in [5.74, 6) is 1.70. The third-order valence-corrected chi connectivity index (χ3v) is 8.43. The first-order valence-electron chi connectivity index (χ1n) is 12.2. The van der Waals surface area contributed by atoms with Crippen molar-refractivity contribution in [3.63, 3.8) is 0 Å². The lowest BCUT2D eigenvalue weighted by Crippen LogP contribution is -2.56. The van der Waals surface area contributed by atoms with Crippen molar-refractivity contribution in [1.29, 1.82) is 0 Å². The molecule has 176 valence electrons. The molecule has 0 bridgehead atoms. The summed E-state index contributed by atoms with van der Waals surface area (Å²) in [5, 5.41) is 0. The maximum Gasteiger partial charge on any atom is 0.326 e. The van der Waals surface area contributed by atoms with Gasteiger partial charge in [-0.25, -0.2) is 14.8 Å². The molecule has 7 nitrogen and oxygen atoms in total. The number of amides is 2. The van der Waals surface area contributed by atoms with Gasteiger partial charge < -0.3 is 9.64 Å². The van der Waals surface area contributed by atoms with Crippen LogP contribution < -0.4 is 9.64 Å². The van der Waals surface area contributed by atoms with Gasteiger partial charge in [-0.2, -0.15) is 0 Å². The summed E-state index contributed by atoms with van der Waals surface area (Å²) in [5.41, 5.74) is 1.23. The first-order valence-corrected chi connectivity index (χ1v) is 12.2. The highest BCUT2D eigenvalue weighted by atomic mass is 16.5. The average Bonchev–Trinajstić information content (AvgIpc) is 3.08. The largest absolute Gasteiger partial charge is 0.480 e. The molecule has 2 saturated carbocycles. The monoisotopic (exact) mass is 449 g/mol. The van der Waals surface area contributed by atoms with Gasteiger partial charge in [0.25, 0.3) is 0 Å². The highest BCUT2D eigenvalue weighted by Gasteiger charge is 2.55. The van der Waals surface area contributed by atoms with Gasteiger partial charge in [0.05, 0.1) is 31.6 Å². The van der Waals surface area contributed by atoms with E-state index in [0.29, 0.717) is 24.2 Å². The van der Waals surface area contributed by atoms with Crippen molar-refractivity contribution in [3.8, 4) is 5.88 Å². The predicted molar refractivity (Wildman–Crippen MR) is 128 cm³/mol. The number of urea groups is 1. The molecule has 1 saturated heterocycles. The van der Waals surface area contributed by atoms with Crippen LogP contribution in [0.15, 0.2) is 42.7 Å². The van der Waals surface area contributed by atoms with Gasteiger partial charge in [0.2, 0.25) is 5.88 Å². The van der Waals surface area contributed by atoms with E-state index in [9.17, 15) is 4.79 Å². The predicted octanol–water partition coefficient (Wildman–Crippen LogP) is 4.30. The summed E-state index contributed by atoms with van der Waals surface area (Å²) >= 11 is 0. The van der Waals surface area contributed by atoms with Crippen LogP contribution in [0.5, 0.6) is 5.88 Å². The number of carbonyl (C=O) groups excluding carboxylic acids is 1. The Balaban J connectivity index is 1.44. The van der Waals surface area contributed by atoms with Crippen LogP contribution in [0.25, 0.3) is 0 Å². The summed E-state index contributed by atoms with van der Waals surface area (Å²) in [7, 11) is 5.96. The molecule has 1 aliphatic heterocycles. The van der Waals surface area contributed by atoms with Crippen molar-refractivity contribution >= 4 is 11.8 Å². The van der Waals surface area contributed by atoms with Gasteiger partial charge in [0.15, 0.2) is 5.82 Å². The fraction of sp³-hybridized carbons (Fsp3) is 0.577. The number of hydrogen-bond donors (Lipinski definition) is 0. The lowest BCUT2D eigenvalue weighted by atomic mass is 9.68. The molecule has 33 heavy (non-hydrogen) atoms. The smallest absolute Gasteiger partial charge is 0.326 e. The maximum atomic E-state index is 13.7. The Morgan fingerprint density at radius 3 is 2.33 bits per heavy atom. The highest BCUT2D eigenvalue weighted by molar-refractivity contribution is 5.94. The number of methoxy groups -OCH3 is 1. The number of hydrogen-bond acceptors (Lipinski definition) is 5. The molecule has 2 aromatic rings. The summed E-state index contributed by atoms with van der Waals surface area (Å²) in [4.78, 5) is 28.9. The molecule has 2 aliphatic carbocycles. The molecule has 0 atom stereocenters. The second kappa shape index (κ2) is 8.60. The van der Waals surface area contributed by atoms with Gasteiger partial charge in [-0.05, 0) is 64.1 Å². The Hall–Kier alpha value is -2.67. The van der Waals surface area contributed by atoms with E-state index in [4.69, 9.17) is 4.74 Å². The second-order valence-electron chi connectivity index (χ2n) is 10.2. The topological polar surface area (TPSA) is 61.8 Å². The minimum atomic E-state index is -0.150. The molecule has 1 aromatic heterocycles. The zero-order valence-electron chi connectivity index (χ0n) is 20.0. The van der Waals surface area contributed by atoms with Crippen LogP contribution in [0.2, 0.25) is 0 Å². The average molecular weight is 450 g/mol. The fourth-order valence-electron chi connectivity index (χ4n) is 6.03. The van der Waals surface area contributed by atoms with Crippen molar-refractivity contribution < 1.29 is 9.53 Å². The zero-order valence-corrected chi connectivity index (χ0v) is 20.0. The van der Waals surface area contributed by atoms with Crippen LogP contribution in [0, 0.1) is 5.92 Å². The van der Waals surface area contributed by atoms with Gasteiger partial charge in [0, 0.05) is 12.1 Å². The fourth-order valence-corrected chi connectivity index (χ4v) is 6.03. The Bertz CT molecular complexity index is 966. The molecule has 7 heteroatoms. The summed E-state index contributed by atoms with van der Waals surface area (Å²) in [6.45, 7) is 1.54. The Morgan fingerprint density at radius 1 is 1.06 bits per heavy atom. The lowest BCUT2D eigenvalue weighted by molar-refractivity contribution is 0.0172. The minimum Gasteiger partial charge on any atom is -0.480 e. The summed E-state index contributed by atoms with van der Waals surface area (Å²) < 4.78 is 5.16. The van der Waals surface area contributed by atoms with Crippen molar-refractivity contribution in [1.82, 2.24) is 19.8 Å². The Morgan fingerprint density at radius 2 is 1.79 bits per heavy atom. The molecule has 2 heterocycles. The molecule has 0 unspecified atom stereocenters. The van der Waals surface area contributed by atoms with Gasteiger partial charge >= 0.3 is 6.03 Å². The van der Waals surface area contributed by atoms with E-state index < -0.39 is 0 Å². The van der Waals surface area contributed by atoms with E-state index in [2.05, 4.69) is 64.2 Å². The highest BCUT2D eigenvalue weighted by Crippen LogP contribution is 2.50. The van der Waals surface area contributed by atoms with E-state index in [1.807, 2.05) is 4.90 Å². The first kappa shape index (κ1) is 22.1. The molecule has 3 fully saturated rings. The molecule has 3 aliphatic rings. The number of carbonyl (C=O) groups is 1. The number of anilines is 1. The Kier molecular flexibility index (Phi) is 5.77. The first-order chi connectivity index (χ1) is 16.0. The van der Waals surface area contributed by atoms with Gasteiger partial charge in [0.1, 0.15) is 0 Å². The van der Waals surface area contributed by atoms with Crippen LogP contribution >= 0.6 is 0 Å². The van der Waals surface area contributed by atoms with E-state index >= 15 is 0 Å². The number of ether oxygens (including phenoxy) is 1. The van der Waals surface area contributed by atoms with Gasteiger partial charge in [-0.15, -0.1) is 0 Å². The lowest BCUT2D eigenvalue weighted by Gasteiger charge is -2.51. The number of nitrogens with zero attached hydrogens (tertiary/aromatic N) is 5. The standard InChI is InChI=1S/C26H35N5O2/c1-29(2)26(21-10-5-4-6-11-21)14-12-25(13-15-26)19-30(22-16-28-23(33-3)17-27-22)24(32)31(25)18-20-8-7-9-20/h4-6,10-11,16-17,20H,7-9,12-15,18-19H2,1-3H3/t25-,26-. The van der Waals surface area contributed by atoms with E-state index in [0.717, 1.165) is 32.2 Å². The maximum absolute atomic E-state index is 13.7. The van der Waals surface area contributed by atoms with E-state index in [1.165, 1.54) is 24.8 Å². The molecule has 1 spiro atoms. The van der Waals surface area contributed by atoms with Crippen LogP contribution in [0.4, 0.5) is 10.6 Å². The molecule has 5 rings (SSSR count). The van der Waals surface area contributed by atoms with Crippen LogP contribution in [0.1, 0.15) is 50.5 Å². The quantitative estimate of drug-likeness (QED) is 0.658. The Labute approximate surface area is 196 Å². The third kappa shape index (κ3) is 3.76. The number of rotatable bonds is 6. The molecule has 0 N–H and O–H groups in total. The molecular weight excluding hydrogens is 414 g/mol. The van der Waals surface area contributed by atoms with Crippen molar-refractivity contribution in [2.75, 3.05) is 39.2 Å². The van der Waals surface area contributed by atoms with Crippen LogP contribution in [-0.2, 0) is 5.54 Å². The van der Waals surface area contributed by atoms with Crippen LogP contribution in [0.3, 0.4) is 0 Å². The number of benzene rings is 1. The molecular formula is C26H35N5O2. The van der Waals surface area contributed by atoms with E-state index in [-0.39, 0.29) is 17.1 Å². The third-order valence-electron chi connectivity index (χ3n) is 8.43. The SMILES string of the molecule is COc1cnc(N2C[C@]3(CC[C@@](c4ccccc4)(N(C)C)CC3)N(CC3CCC3)C2=O)cn1. The van der Waals surface area contributed by atoms with Crippen LogP contribution in [-0.4, -0.2) is 65.6 Å². The summed E-state index contributed by atoms with van der Waals surface area (Å²) in [6, 6.07) is 10.9. The molecule has 1 aromatic carbocycles. The number of aromatic nitrogens is 2. The molecule has 0 radical (unpaired) electrons. The van der Waals surface area contributed by atoms with Crippen molar-refractivity contribution in [3.05, 3.63) is 48.3 Å². The second-order valence-corrected chi connectivity index (χ2v) is 10.2. The van der Waals surface area contributed by atoms with Gasteiger partial charge in [-0.3, -0.25) is 9.80 Å². The normalized spacial score (nSPS) is 27.9. The van der Waals surface area contributed by atoms with Gasteiger partial charge in [-0.1, -0.05) is 36.8 Å². The van der Waals surface area contributed by atoms with E-state index in [1.54, 1.807) is 19.5 Å². The van der Waals surface area contributed by atoms with Crippen molar-refractivity contribution in [2.45, 2.75) is 56.0 Å². The van der Waals surface area contributed by atoms with Crippen molar-refractivity contribution in [2.24, 2.45) is 5.92 Å². The minimum absolute atomic E-state index is 0.00500. The zero-order chi connectivity index (χ0) is 23.1.